The average Bonchev–Trinajstić information content (AvgIpc) is 3.15. The van der Waals surface area contributed by atoms with Crippen LogP contribution < -0.4 is 9.80 Å². The Morgan fingerprint density at radius 2 is 0.780 bits per heavy atom. The highest BCUT2D eigenvalue weighted by Crippen LogP contribution is 2.48. The van der Waals surface area contributed by atoms with Gasteiger partial charge in [0.25, 0.3) is 0 Å². The number of halogens is 4. The van der Waals surface area contributed by atoms with Crippen molar-refractivity contribution in [1.29, 1.82) is 10.5 Å². The molecule has 50 heavy (non-hydrogen) atoms. The van der Waals surface area contributed by atoms with Crippen molar-refractivity contribution < 1.29 is 17.6 Å². The Kier molecular flexibility index (Phi) is 7.28. The Hall–Kier alpha value is -6.90. The summed E-state index contributed by atoms with van der Waals surface area (Å²) >= 11 is 0. The zero-order valence-corrected chi connectivity index (χ0v) is 26.0. The summed E-state index contributed by atoms with van der Waals surface area (Å²) < 4.78 is 60.5. The summed E-state index contributed by atoms with van der Waals surface area (Å²) in [6.07, 6.45) is 0. The first-order valence-corrected chi connectivity index (χ1v) is 15.6. The Morgan fingerprint density at radius 1 is 0.400 bits per heavy atom. The van der Waals surface area contributed by atoms with Crippen LogP contribution >= 0.6 is 0 Å². The van der Waals surface area contributed by atoms with E-state index in [4.69, 9.17) is 0 Å². The lowest BCUT2D eigenvalue weighted by Crippen LogP contribution is -2.13. The Labute approximate surface area is 283 Å². The van der Waals surface area contributed by atoms with Gasteiger partial charge in [0.1, 0.15) is 23.3 Å². The molecule has 0 aliphatic heterocycles. The molecule has 0 aromatic heterocycles. The van der Waals surface area contributed by atoms with Crippen molar-refractivity contribution in [3.05, 3.63) is 168 Å². The molecule has 0 heterocycles. The summed E-state index contributed by atoms with van der Waals surface area (Å²) in [6, 6.07) is 39.1. The van der Waals surface area contributed by atoms with Crippen molar-refractivity contribution in [2.24, 2.45) is 0 Å². The topological polar surface area (TPSA) is 54.1 Å². The molecule has 0 saturated heterocycles. The zero-order valence-electron chi connectivity index (χ0n) is 26.0. The molecule has 0 spiro atoms. The summed E-state index contributed by atoms with van der Waals surface area (Å²) in [4.78, 5) is 3.25. The number of rotatable bonds is 6. The maximum absolute atomic E-state index is 15.6. The maximum atomic E-state index is 15.6. The number of nitriles is 2. The van der Waals surface area contributed by atoms with Crippen LogP contribution in [0.4, 0.5) is 51.7 Å². The number of nitrogens with zero attached hydrogens (tertiary/aromatic N) is 4. The fourth-order valence-corrected chi connectivity index (χ4v) is 6.66. The fraction of sp³-hybridized carbons (Fsp3) is 0. The largest absolute Gasteiger partial charge is 0.307 e. The first-order chi connectivity index (χ1) is 24.3. The Morgan fingerprint density at radius 3 is 1.16 bits per heavy atom. The van der Waals surface area contributed by atoms with Crippen LogP contribution in [0, 0.1) is 45.9 Å². The van der Waals surface area contributed by atoms with E-state index in [1.54, 1.807) is 58.3 Å². The minimum absolute atomic E-state index is 0.0148. The van der Waals surface area contributed by atoms with E-state index < -0.39 is 23.3 Å². The summed E-state index contributed by atoms with van der Waals surface area (Å²) in [7, 11) is 0. The molecule has 0 aliphatic rings. The monoisotopic (exact) mass is 658 g/mol. The van der Waals surface area contributed by atoms with Gasteiger partial charge in [0.05, 0.1) is 46.0 Å². The summed E-state index contributed by atoms with van der Waals surface area (Å²) in [6.45, 7) is 0. The third-order valence-electron chi connectivity index (χ3n) is 8.91. The van der Waals surface area contributed by atoms with Crippen molar-refractivity contribution in [1.82, 2.24) is 0 Å². The molecule has 0 bridgehead atoms. The quantitative estimate of drug-likeness (QED) is 0.132. The van der Waals surface area contributed by atoms with Gasteiger partial charge in [0.15, 0.2) is 0 Å². The minimum Gasteiger partial charge on any atom is -0.307 e. The van der Waals surface area contributed by atoms with Gasteiger partial charge in [-0.15, -0.1) is 0 Å². The van der Waals surface area contributed by atoms with Crippen molar-refractivity contribution in [3.8, 4) is 12.1 Å². The minimum atomic E-state index is -0.640. The zero-order chi connectivity index (χ0) is 34.5. The molecule has 8 rings (SSSR count). The first-order valence-electron chi connectivity index (χ1n) is 15.6. The van der Waals surface area contributed by atoms with E-state index in [-0.39, 0.29) is 11.4 Å². The van der Waals surface area contributed by atoms with Crippen molar-refractivity contribution >= 4 is 66.4 Å². The van der Waals surface area contributed by atoms with Crippen LogP contribution in [0.3, 0.4) is 0 Å². The lowest BCUT2D eigenvalue weighted by molar-refractivity contribution is 0.601. The molecule has 4 nitrogen and oxygen atoms in total. The van der Waals surface area contributed by atoms with Crippen LogP contribution in [-0.2, 0) is 0 Å². The van der Waals surface area contributed by atoms with E-state index >= 15 is 8.78 Å². The van der Waals surface area contributed by atoms with Gasteiger partial charge < -0.3 is 9.80 Å². The van der Waals surface area contributed by atoms with Gasteiger partial charge in [0, 0.05) is 34.3 Å². The molecule has 0 N–H and O–H groups in total. The summed E-state index contributed by atoms with van der Waals surface area (Å²) in [5.74, 6) is -2.51. The second-order valence-corrected chi connectivity index (χ2v) is 11.8. The lowest BCUT2D eigenvalue weighted by atomic mass is 9.91. The van der Waals surface area contributed by atoms with E-state index in [0.29, 0.717) is 33.9 Å². The number of benzene rings is 8. The van der Waals surface area contributed by atoms with E-state index in [0.717, 1.165) is 68.7 Å². The van der Waals surface area contributed by atoms with Gasteiger partial charge in [-0.05, 0) is 106 Å². The van der Waals surface area contributed by atoms with E-state index in [9.17, 15) is 19.3 Å². The highest BCUT2D eigenvalue weighted by Gasteiger charge is 2.24. The van der Waals surface area contributed by atoms with Crippen LogP contribution in [0.1, 0.15) is 11.1 Å². The highest BCUT2D eigenvalue weighted by molar-refractivity contribution is 6.28. The normalized spacial score (nSPS) is 11.2. The molecule has 0 aliphatic carbocycles. The van der Waals surface area contributed by atoms with Gasteiger partial charge in [0.2, 0.25) is 0 Å². The van der Waals surface area contributed by atoms with Gasteiger partial charge >= 0.3 is 0 Å². The molecule has 0 radical (unpaired) electrons. The molecule has 238 valence electrons. The van der Waals surface area contributed by atoms with Crippen molar-refractivity contribution in [2.75, 3.05) is 9.80 Å². The first kappa shape index (κ1) is 30.4. The fourth-order valence-electron chi connectivity index (χ4n) is 6.66. The number of hydrogen-bond donors (Lipinski definition) is 0. The Bertz CT molecular complexity index is 2490. The Balaban J connectivity index is 1.42. The van der Waals surface area contributed by atoms with Gasteiger partial charge in [-0.1, -0.05) is 36.4 Å². The molecule has 0 unspecified atom stereocenters. The molecular weight excluding hydrogens is 636 g/mol. The van der Waals surface area contributed by atoms with E-state index in [1.165, 1.54) is 0 Å². The lowest BCUT2D eigenvalue weighted by Gasteiger charge is -2.29. The second-order valence-electron chi connectivity index (χ2n) is 11.8. The molecule has 8 aromatic carbocycles. The predicted octanol–water partition coefficient (Wildman–Crippen LogP) is 11.8. The molecular formula is C42H22F4N4. The van der Waals surface area contributed by atoms with Crippen molar-refractivity contribution in [3.63, 3.8) is 0 Å². The molecule has 0 fully saturated rings. The standard InChI is InChI=1S/C42H22F4N4/c43-29-9-17-35(45)39(21-29)49(31-11-1-25(23-47)2-12-31)37-19-7-27-6-16-34-38(20-8-28-5-15-33(37)41(27)42(28)34)50(32-13-3-26(24-48)4-14-32)40-22-30(44)10-18-36(40)46/h1-22H. The second kappa shape index (κ2) is 12.0. The third-order valence-corrected chi connectivity index (χ3v) is 8.91. The van der Waals surface area contributed by atoms with Gasteiger partial charge in [-0.25, -0.2) is 17.6 Å². The maximum Gasteiger partial charge on any atom is 0.147 e. The molecule has 8 heteroatoms. The SMILES string of the molecule is N#Cc1ccc(N(c2cc(F)ccc2F)c2ccc3ccc4c(N(c5ccc(C#N)cc5)c5cc(F)ccc5F)ccc5ccc2c3c54)cc1. The highest BCUT2D eigenvalue weighted by atomic mass is 19.1. The van der Waals surface area contributed by atoms with Gasteiger partial charge in [-0.3, -0.25) is 0 Å². The van der Waals surface area contributed by atoms with E-state index in [1.807, 2.05) is 48.5 Å². The average molecular weight is 659 g/mol. The molecule has 0 saturated carbocycles. The summed E-state index contributed by atoms with van der Waals surface area (Å²) in [5, 5.41) is 23.7. The van der Waals surface area contributed by atoms with Crippen LogP contribution in [-0.4, -0.2) is 0 Å². The van der Waals surface area contributed by atoms with E-state index in [2.05, 4.69) is 12.1 Å². The molecule has 0 amide bonds. The van der Waals surface area contributed by atoms with Crippen LogP contribution in [0.25, 0.3) is 32.3 Å². The van der Waals surface area contributed by atoms with Gasteiger partial charge in [-0.2, -0.15) is 10.5 Å². The van der Waals surface area contributed by atoms with Crippen LogP contribution in [0.2, 0.25) is 0 Å². The number of hydrogen-bond acceptors (Lipinski definition) is 4. The van der Waals surface area contributed by atoms with Crippen molar-refractivity contribution in [2.45, 2.75) is 0 Å². The predicted molar refractivity (Wildman–Crippen MR) is 189 cm³/mol. The number of anilines is 6. The van der Waals surface area contributed by atoms with Crippen LogP contribution in [0.15, 0.2) is 133 Å². The van der Waals surface area contributed by atoms with Crippen LogP contribution in [0.5, 0.6) is 0 Å². The molecule has 8 aromatic rings. The molecule has 0 atom stereocenters. The summed E-state index contributed by atoms with van der Waals surface area (Å²) in [5.41, 5.74) is 2.95. The smallest absolute Gasteiger partial charge is 0.147 e. The third kappa shape index (κ3) is 4.99.